The van der Waals surface area contributed by atoms with Crippen molar-refractivity contribution in [3.63, 3.8) is 0 Å². The molecule has 0 aliphatic heterocycles. The van der Waals surface area contributed by atoms with Gasteiger partial charge in [-0.15, -0.1) is 0 Å². The normalized spacial score (nSPS) is 11.6. The maximum atomic E-state index is 12.7. The quantitative estimate of drug-likeness (QED) is 0.310. The van der Waals surface area contributed by atoms with Gasteiger partial charge in [0, 0.05) is 29.9 Å². The van der Waals surface area contributed by atoms with E-state index in [1.165, 1.54) is 19.1 Å². The van der Waals surface area contributed by atoms with E-state index in [0.717, 1.165) is 17.2 Å². The molecule has 0 aliphatic carbocycles. The Labute approximate surface area is 162 Å². The van der Waals surface area contributed by atoms with Gasteiger partial charge in [-0.05, 0) is 38.5 Å². The molecule has 0 spiro atoms. The van der Waals surface area contributed by atoms with Crippen molar-refractivity contribution >= 4 is 23.1 Å². The van der Waals surface area contributed by atoms with Gasteiger partial charge in [0.2, 0.25) is 5.78 Å². The molecule has 0 aliphatic rings. The number of non-ortho nitro benzene ring substituents is 1. The number of ketones is 1. The number of nitrogens with zero attached hydrogens (tertiary/aromatic N) is 1. The number of anilines is 1. The summed E-state index contributed by atoms with van der Waals surface area (Å²) in [7, 11) is 0. The van der Waals surface area contributed by atoms with Crippen LogP contribution in [0.5, 0.6) is 0 Å². The van der Waals surface area contributed by atoms with Crippen LogP contribution >= 0.6 is 0 Å². The number of carbonyl (C=O) groups excluding carboxylic acids is 2. The van der Waals surface area contributed by atoms with E-state index in [1.54, 1.807) is 13.0 Å². The van der Waals surface area contributed by atoms with Crippen molar-refractivity contribution < 1.29 is 24.4 Å². The largest absolute Gasteiger partial charge is 0.451 e. The summed E-state index contributed by atoms with van der Waals surface area (Å²) in [6, 6.07) is 9.10. The molecular formula is C20H22N2O6. The second-order valence-electron chi connectivity index (χ2n) is 6.37. The molecule has 2 aromatic rings. The maximum absolute atomic E-state index is 12.7. The molecule has 148 valence electrons. The van der Waals surface area contributed by atoms with Crippen LogP contribution in [0.25, 0.3) is 0 Å². The lowest BCUT2D eigenvalue weighted by atomic mass is 9.99. The third-order valence-electron chi connectivity index (χ3n) is 4.17. The highest BCUT2D eigenvalue weighted by Gasteiger charge is 2.24. The van der Waals surface area contributed by atoms with Gasteiger partial charge in [-0.2, -0.15) is 0 Å². The minimum Gasteiger partial charge on any atom is -0.451 e. The van der Waals surface area contributed by atoms with E-state index in [-0.39, 0.29) is 35.9 Å². The summed E-state index contributed by atoms with van der Waals surface area (Å²) in [5, 5.41) is 22.8. The average Bonchev–Trinajstić information content (AvgIpc) is 2.67. The van der Waals surface area contributed by atoms with E-state index >= 15 is 0 Å². The summed E-state index contributed by atoms with van der Waals surface area (Å²) < 4.78 is 5.29. The van der Waals surface area contributed by atoms with Crippen LogP contribution in [0.15, 0.2) is 36.4 Å². The molecule has 8 heteroatoms. The molecular weight excluding hydrogens is 364 g/mol. The Bertz CT molecular complexity index is 910. The van der Waals surface area contributed by atoms with Gasteiger partial charge < -0.3 is 15.2 Å². The summed E-state index contributed by atoms with van der Waals surface area (Å²) >= 11 is 0. The fourth-order valence-electron chi connectivity index (χ4n) is 2.66. The molecule has 2 N–H and O–H groups in total. The third kappa shape index (κ3) is 4.92. The van der Waals surface area contributed by atoms with E-state index in [1.807, 2.05) is 19.1 Å². The molecule has 0 saturated heterocycles. The molecule has 0 bridgehead atoms. The van der Waals surface area contributed by atoms with Crippen LogP contribution in [-0.2, 0) is 4.74 Å². The molecule has 0 radical (unpaired) electrons. The van der Waals surface area contributed by atoms with Crippen molar-refractivity contribution in [3.8, 4) is 0 Å². The van der Waals surface area contributed by atoms with Crippen LogP contribution in [-0.4, -0.2) is 41.0 Å². The Kier molecular flexibility index (Phi) is 6.84. The summed E-state index contributed by atoms with van der Waals surface area (Å²) in [5.41, 5.74) is 2.04. The third-order valence-corrected chi connectivity index (χ3v) is 4.17. The first-order valence-electron chi connectivity index (χ1n) is 8.70. The minimum absolute atomic E-state index is 0.0803. The first-order chi connectivity index (χ1) is 13.2. The number of hydrogen-bond acceptors (Lipinski definition) is 7. The predicted molar refractivity (Wildman–Crippen MR) is 104 cm³/mol. The average molecular weight is 386 g/mol. The van der Waals surface area contributed by atoms with Crippen molar-refractivity contribution in [2.75, 3.05) is 18.5 Å². The number of nitro benzene ring substituents is 1. The monoisotopic (exact) mass is 386 g/mol. The van der Waals surface area contributed by atoms with Gasteiger partial charge in [0.1, 0.15) is 0 Å². The number of aliphatic hydroxyl groups is 1. The molecule has 1 unspecified atom stereocenters. The van der Waals surface area contributed by atoms with Gasteiger partial charge in [0.25, 0.3) is 5.69 Å². The van der Waals surface area contributed by atoms with Gasteiger partial charge in [-0.25, -0.2) is 4.79 Å². The van der Waals surface area contributed by atoms with Crippen molar-refractivity contribution in [3.05, 3.63) is 68.8 Å². The first kappa shape index (κ1) is 21.0. The fourth-order valence-corrected chi connectivity index (χ4v) is 2.66. The van der Waals surface area contributed by atoms with Gasteiger partial charge >= 0.3 is 5.97 Å². The molecule has 2 rings (SSSR count). The number of Topliss-reactive ketones (excluding diaryl/α,β-unsaturated/α-hetero) is 1. The molecule has 0 aromatic heterocycles. The van der Waals surface area contributed by atoms with Crippen LogP contribution in [0, 0.1) is 24.0 Å². The lowest BCUT2D eigenvalue weighted by Gasteiger charge is -2.16. The van der Waals surface area contributed by atoms with E-state index < -0.39 is 17.0 Å². The van der Waals surface area contributed by atoms with Crippen LogP contribution in [0.3, 0.4) is 0 Å². The molecule has 1 atom stereocenters. The zero-order chi connectivity index (χ0) is 20.8. The zero-order valence-corrected chi connectivity index (χ0v) is 15.9. The number of nitro groups is 1. The summed E-state index contributed by atoms with van der Waals surface area (Å²) in [4.78, 5) is 35.7. The number of esters is 1. The lowest BCUT2D eigenvalue weighted by Crippen LogP contribution is -2.25. The second-order valence-corrected chi connectivity index (χ2v) is 6.37. The Balaban J connectivity index is 2.27. The molecule has 2 aromatic carbocycles. The zero-order valence-electron chi connectivity index (χ0n) is 15.9. The maximum Gasteiger partial charge on any atom is 0.341 e. The lowest BCUT2D eigenvalue weighted by molar-refractivity contribution is -0.384. The number of aryl methyl sites for hydroxylation is 2. The number of hydrogen-bond donors (Lipinski definition) is 2. The van der Waals surface area contributed by atoms with E-state index in [4.69, 9.17) is 9.84 Å². The van der Waals surface area contributed by atoms with Crippen LogP contribution in [0.4, 0.5) is 11.4 Å². The van der Waals surface area contributed by atoms with Crippen LogP contribution in [0.1, 0.15) is 38.8 Å². The highest BCUT2D eigenvalue weighted by molar-refractivity contribution is 6.03. The topological polar surface area (TPSA) is 119 Å². The smallest absolute Gasteiger partial charge is 0.341 e. The Morgan fingerprint density at radius 2 is 1.89 bits per heavy atom. The van der Waals surface area contributed by atoms with E-state index in [2.05, 4.69) is 5.32 Å². The van der Waals surface area contributed by atoms with Crippen molar-refractivity contribution in [1.82, 2.24) is 0 Å². The van der Waals surface area contributed by atoms with Crippen molar-refractivity contribution in [2.45, 2.75) is 26.9 Å². The summed E-state index contributed by atoms with van der Waals surface area (Å²) in [5.74, 6) is -1.22. The Morgan fingerprint density at radius 3 is 2.54 bits per heavy atom. The minimum atomic E-state index is -1.07. The number of nitrogens with one attached hydrogen (secondary N) is 1. The standard InChI is InChI=1S/C20H22N2O6/c1-12-4-5-13(2)16(10-12)19(24)14(3)28-20(25)17-11-15(22(26)27)6-7-18(17)21-8-9-23/h4-7,10-11,14,21,23H,8-9H2,1-3H3. The number of rotatable bonds is 8. The molecule has 0 saturated carbocycles. The molecule has 0 heterocycles. The SMILES string of the molecule is Cc1ccc(C)c(C(=O)C(C)OC(=O)c2cc([N+](=O)[O-])ccc2NCCO)c1. The van der Waals surface area contributed by atoms with Crippen molar-refractivity contribution in [2.24, 2.45) is 0 Å². The Morgan fingerprint density at radius 1 is 1.18 bits per heavy atom. The first-order valence-corrected chi connectivity index (χ1v) is 8.70. The van der Waals surface area contributed by atoms with Gasteiger partial charge in [-0.1, -0.05) is 17.7 Å². The number of ether oxygens (including phenoxy) is 1. The number of aliphatic hydroxyl groups excluding tert-OH is 1. The van der Waals surface area contributed by atoms with Gasteiger partial charge in [0.05, 0.1) is 17.1 Å². The van der Waals surface area contributed by atoms with E-state index in [9.17, 15) is 19.7 Å². The van der Waals surface area contributed by atoms with Crippen molar-refractivity contribution in [1.29, 1.82) is 0 Å². The highest BCUT2D eigenvalue weighted by atomic mass is 16.6. The van der Waals surface area contributed by atoms with Gasteiger partial charge in [-0.3, -0.25) is 14.9 Å². The Hall–Kier alpha value is -3.26. The number of benzene rings is 2. The molecule has 8 nitrogen and oxygen atoms in total. The number of carbonyl (C=O) groups is 2. The van der Waals surface area contributed by atoms with Gasteiger partial charge in [0.15, 0.2) is 6.10 Å². The highest BCUT2D eigenvalue weighted by Crippen LogP contribution is 2.24. The summed E-state index contributed by atoms with van der Waals surface area (Å²) in [6.45, 7) is 5.07. The van der Waals surface area contributed by atoms with Crippen LogP contribution in [0.2, 0.25) is 0 Å². The predicted octanol–water partition coefficient (Wildman–Crippen LogP) is 3.04. The fraction of sp³-hybridized carbons (Fsp3) is 0.300. The van der Waals surface area contributed by atoms with E-state index in [0.29, 0.717) is 5.56 Å². The molecule has 0 amide bonds. The molecule has 28 heavy (non-hydrogen) atoms. The second kappa shape index (κ2) is 9.09. The van der Waals surface area contributed by atoms with Crippen LogP contribution < -0.4 is 5.32 Å². The molecule has 0 fully saturated rings. The summed E-state index contributed by atoms with van der Waals surface area (Å²) in [6.07, 6.45) is -1.07.